The van der Waals surface area contributed by atoms with Gasteiger partial charge in [-0.3, -0.25) is 9.78 Å². The number of aromatic nitrogens is 2. The number of anilines is 1. The molecule has 1 aliphatic rings. The molecule has 15 heavy (non-hydrogen) atoms. The summed E-state index contributed by atoms with van der Waals surface area (Å²) in [7, 11) is 0. The summed E-state index contributed by atoms with van der Waals surface area (Å²) in [6.07, 6.45) is 4.54. The molecule has 0 spiro atoms. The highest BCUT2D eigenvalue weighted by Gasteiger charge is 2.31. The van der Waals surface area contributed by atoms with Gasteiger partial charge in [0.1, 0.15) is 0 Å². The molecule has 2 unspecified atom stereocenters. The van der Waals surface area contributed by atoms with Crippen molar-refractivity contribution in [1.82, 2.24) is 9.97 Å². The SMILES string of the molecule is NC1COCC1C(=O)Nc1cnccn1. The molecule has 1 aliphatic heterocycles. The van der Waals surface area contributed by atoms with Crippen molar-refractivity contribution in [3.05, 3.63) is 18.6 Å². The zero-order valence-corrected chi connectivity index (χ0v) is 8.09. The number of carbonyl (C=O) groups is 1. The van der Waals surface area contributed by atoms with E-state index in [1.54, 1.807) is 6.20 Å². The van der Waals surface area contributed by atoms with E-state index < -0.39 is 0 Å². The first kappa shape index (κ1) is 10.0. The molecule has 6 heteroatoms. The lowest BCUT2D eigenvalue weighted by Gasteiger charge is -2.12. The van der Waals surface area contributed by atoms with E-state index in [9.17, 15) is 4.79 Å². The molecule has 1 amide bonds. The summed E-state index contributed by atoms with van der Waals surface area (Å²) in [6, 6.07) is -0.235. The molecular formula is C9H12N4O2. The number of nitrogens with one attached hydrogen (secondary N) is 1. The maximum Gasteiger partial charge on any atom is 0.232 e. The summed E-state index contributed by atoms with van der Waals surface area (Å²) in [4.78, 5) is 19.5. The first-order valence-electron chi connectivity index (χ1n) is 4.67. The van der Waals surface area contributed by atoms with Crippen LogP contribution in [0, 0.1) is 5.92 Å². The van der Waals surface area contributed by atoms with Gasteiger partial charge in [0, 0.05) is 18.4 Å². The molecular weight excluding hydrogens is 196 g/mol. The molecule has 0 radical (unpaired) electrons. The van der Waals surface area contributed by atoms with E-state index >= 15 is 0 Å². The number of hydrogen-bond donors (Lipinski definition) is 2. The molecule has 1 saturated heterocycles. The van der Waals surface area contributed by atoms with Gasteiger partial charge in [-0.1, -0.05) is 0 Å². The summed E-state index contributed by atoms with van der Waals surface area (Å²) in [5.74, 6) is -0.0332. The van der Waals surface area contributed by atoms with Crippen LogP contribution in [0.4, 0.5) is 5.82 Å². The van der Waals surface area contributed by atoms with Gasteiger partial charge >= 0.3 is 0 Å². The number of rotatable bonds is 2. The Morgan fingerprint density at radius 2 is 2.40 bits per heavy atom. The predicted octanol–water partition coefficient (Wildman–Crippen LogP) is -0.611. The molecule has 2 atom stereocenters. The average Bonchev–Trinajstić information content (AvgIpc) is 2.66. The van der Waals surface area contributed by atoms with Gasteiger partial charge in [-0.05, 0) is 0 Å². The van der Waals surface area contributed by atoms with Crippen LogP contribution in [0.15, 0.2) is 18.6 Å². The second kappa shape index (κ2) is 4.33. The highest BCUT2D eigenvalue weighted by atomic mass is 16.5. The highest BCUT2D eigenvalue weighted by Crippen LogP contribution is 2.13. The molecule has 0 aromatic carbocycles. The average molecular weight is 208 g/mol. The predicted molar refractivity (Wildman–Crippen MR) is 52.9 cm³/mol. The molecule has 0 bridgehead atoms. The molecule has 0 aliphatic carbocycles. The minimum Gasteiger partial charge on any atom is -0.379 e. The van der Waals surface area contributed by atoms with Crippen molar-refractivity contribution >= 4 is 11.7 Å². The van der Waals surface area contributed by atoms with Crippen molar-refractivity contribution in [3.8, 4) is 0 Å². The van der Waals surface area contributed by atoms with Crippen LogP contribution in [-0.2, 0) is 9.53 Å². The van der Waals surface area contributed by atoms with E-state index in [1.165, 1.54) is 12.4 Å². The molecule has 1 fully saturated rings. The fourth-order valence-corrected chi connectivity index (χ4v) is 1.42. The zero-order chi connectivity index (χ0) is 10.7. The van der Waals surface area contributed by atoms with Crippen molar-refractivity contribution in [2.75, 3.05) is 18.5 Å². The Bertz CT molecular complexity index is 343. The monoisotopic (exact) mass is 208 g/mol. The second-order valence-corrected chi connectivity index (χ2v) is 3.39. The number of hydrogen-bond acceptors (Lipinski definition) is 5. The summed E-state index contributed by atoms with van der Waals surface area (Å²) in [5.41, 5.74) is 5.71. The van der Waals surface area contributed by atoms with Gasteiger partial charge in [-0.25, -0.2) is 4.98 Å². The van der Waals surface area contributed by atoms with Gasteiger partial charge in [-0.2, -0.15) is 0 Å². The summed E-state index contributed by atoms with van der Waals surface area (Å²) in [5, 5.41) is 2.64. The Morgan fingerprint density at radius 3 is 3.00 bits per heavy atom. The molecule has 80 valence electrons. The fraction of sp³-hybridized carbons (Fsp3) is 0.444. The molecule has 6 nitrogen and oxygen atoms in total. The third kappa shape index (κ3) is 2.28. The lowest BCUT2D eigenvalue weighted by molar-refractivity contribution is -0.120. The molecule has 2 heterocycles. The van der Waals surface area contributed by atoms with Crippen LogP contribution < -0.4 is 11.1 Å². The van der Waals surface area contributed by atoms with E-state index in [1.807, 2.05) is 0 Å². The van der Waals surface area contributed by atoms with E-state index in [2.05, 4.69) is 15.3 Å². The van der Waals surface area contributed by atoms with Crippen molar-refractivity contribution in [2.24, 2.45) is 11.7 Å². The molecule has 1 aromatic rings. The van der Waals surface area contributed by atoms with Gasteiger partial charge in [0.05, 0.1) is 25.3 Å². The van der Waals surface area contributed by atoms with Crippen molar-refractivity contribution in [3.63, 3.8) is 0 Å². The van der Waals surface area contributed by atoms with Crippen LogP contribution >= 0.6 is 0 Å². The number of carbonyl (C=O) groups excluding carboxylic acids is 1. The van der Waals surface area contributed by atoms with Gasteiger partial charge < -0.3 is 15.8 Å². The summed E-state index contributed by atoms with van der Waals surface area (Å²) >= 11 is 0. The van der Waals surface area contributed by atoms with Crippen molar-refractivity contribution in [2.45, 2.75) is 6.04 Å². The fourth-order valence-electron chi connectivity index (χ4n) is 1.42. The Labute approximate surface area is 86.9 Å². The molecule has 2 rings (SSSR count). The maximum atomic E-state index is 11.7. The van der Waals surface area contributed by atoms with E-state index in [-0.39, 0.29) is 17.9 Å². The smallest absolute Gasteiger partial charge is 0.232 e. The van der Waals surface area contributed by atoms with Crippen LogP contribution in [0.3, 0.4) is 0 Å². The van der Waals surface area contributed by atoms with Crippen LogP contribution in [0.5, 0.6) is 0 Å². The van der Waals surface area contributed by atoms with Crippen molar-refractivity contribution in [1.29, 1.82) is 0 Å². The number of nitrogens with two attached hydrogens (primary N) is 1. The minimum absolute atomic E-state index is 0.166. The van der Waals surface area contributed by atoms with Crippen LogP contribution in [0.25, 0.3) is 0 Å². The first-order chi connectivity index (χ1) is 7.27. The molecule has 1 aromatic heterocycles. The highest BCUT2D eigenvalue weighted by molar-refractivity contribution is 5.92. The third-order valence-corrected chi connectivity index (χ3v) is 2.28. The third-order valence-electron chi connectivity index (χ3n) is 2.28. The minimum atomic E-state index is -0.299. The van der Waals surface area contributed by atoms with Gasteiger partial charge in [0.2, 0.25) is 5.91 Å². The van der Waals surface area contributed by atoms with E-state index in [0.29, 0.717) is 19.0 Å². The Hall–Kier alpha value is -1.53. The Morgan fingerprint density at radius 1 is 1.53 bits per heavy atom. The van der Waals surface area contributed by atoms with E-state index in [0.717, 1.165) is 0 Å². The van der Waals surface area contributed by atoms with Crippen LogP contribution in [0.1, 0.15) is 0 Å². The second-order valence-electron chi connectivity index (χ2n) is 3.39. The number of ether oxygens (including phenoxy) is 1. The standard InChI is InChI=1S/C9H12N4O2/c10-7-5-15-4-6(7)9(14)13-8-3-11-1-2-12-8/h1-3,6-7H,4-5,10H2,(H,12,13,14). The topological polar surface area (TPSA) is 90.1 Å². The van der Waals surface area contributed by atoms with Gasteiger partial charge in [0.25, 0.3) is 0 Å². The first-order valence-corrected chi connectivity index (χ1v) is 4.67. The maximum absolute atomic E-state index is 11.7. The number of amides is 1. The Balaban J connectivity index is 1.98. The lowest BCUT2D eigenvalue weighted by Crippen LogP contribution is -2.37. The van der Waals surface area contributed by atoms with Crippen LogP contribution in [-0.4, -0.2) is 35.1 Å². The quantitative estimate of drug-likeness (QED) is 0.676. The Kier molecular flexibility index (Phi) is 2.89. The summed E-state index contributed by atoms with van der Waals surface area (Å²) < 4.78 is 5.11. The summed E-state index contributed by atoms with van der Waals surface area (Å²) in [6.45, 7) is 0.797. The van der Waals surface area contributed by atoms with Crippen molar-refractivity contribution < 1.29 is 9.53 Å². The normalized spacial score (nSPS) is 25.1. The van der Waals surface area contributed by atoms with Gasteiger partial charge in [0.15, 0.2) is 5.82 Å². The molecule has 3 N–H and O–H groups in total. The van der Waals surface area contributed by atoms with Crippen LogP contribution in [0.2, 0.25) is 0 Å². The largest absolute Gasteiger partial charge is 0.379 e. The van der Waals surface area contributed by atoms with Gasteiger partial charge in [-0.15, -0.1) is 0 Å². The van der Waals surface area contributed by atoms with E-state index in [4.69, 9.17) is 10.5 Å². The lowest BCUT2D eigenvalue weighted by atomic mass is 10.0. The zero-order valence-electron chi connectivity index (χ0n) is 8.09. The molecule has 0 saturated carbocycles. The number of nitrogens with zero attached hydrogens (tertiary/aromatic N) is 2.